The molecular formula is C17H18FNO2. The minimum atomic E-state index is -0.231. The number of halogens is 1. The summed E-state index contributed by atoms with van der Waals surface area (Å²) in [6.07, 6.45) is 0.785. The van der Waals surface area contributed by atoms with Gasteiger partial charge in [0.15, 0.2) is 0 Å². The zero-order valence-corrected chi connectivity index (χ0v) is 12.2. The molecule has 0 saturated carbocycles. The highest BCUT2D eigenvalue weighted by molar-refractivity contribution is 5.52. The summed E-state index contributed by atoms with van der Waals surface area (Å²) >= 11 is 0. The number of hydrogen-bond acceptors (Lipinski definition) is 3. The minimum Gasteiger partial charge on any atom is -0.497 e. The van der Waals surface area contributed by atoms with E-state index in [-0.39, 0.29) is 11.9 Å². The Bertz CT molecular complexity index is 657. The van der Waals surface area contributed by atoms with Crippen LogP contribution in [-0.2, 0) is 0 Å². The van der Waals surface area contributed by atoms with Crippen molar-refractivity contribution in [3.63, 3.8) is 0 Å². The fourth-order valence-corrected chi connectivity index (χ4v) is 2.57. The van der Waals surface area contributed by atoms with E-state index in [2.05, 4.69) is 5.32 Å². The second-order valence-electron chi connectivity index (χ2n) is 5.22. The molecule has 2 aromatic carbocycles. The number of methoxy groups -OCH3 is 1. The Morgan fingerprint density at radius 1 is 1.24 bits per heavy atom. The zero-order chi connectivity index (χ0) is 14.8. The number of hydrogen-bond donors (Lipinski definition) is 1. The molecule has 3 nitrogen and oxygen atoms in total. The van der Waals surface area contributed by atoms with Gasteiger partial charge in [0.05, 0.1) is 25.4 Å². The van der Waals surface area contributed by atoms with E-state index in [0.29, 0.717) is 12.3 Å². The van der Waals surface area contributed by atoms with E-state index in [1.807, 2.05) is 31.2 Å². The predicted molar refractivity (Wildman–Crippen MR) is 80.6 cm³/mol. The van der Waals surface area contributed by atoms with Gasteiger partial charge in [-0.1, -0.05) is 6.07 Å². The van der Waals surface area contributed by atoms with E-state index in [4.69, 9.17) is 9.47 Å². The van der Waals surface area contributed by atoms with E-state index in [1.54, 1.807) is 13.2 Å². The molecule has 0 radical (unpaired) electrons. The normalized spacial score (nSPS) is 16.8. The largest absolute Gasteiger partial charge is 0.497 e. The van der Waals surface area contributed by atoms with Gasteiger partial charge in [0, 0.05) is 12.0 Å². The van der Waals surface area contributed by atoms with Crippen LogP contribution in [0.4, 0.5) is 10.1 Å². The molecular weight excluding hydrogens is 269 g/mol. The highest BCUT2D eigenvalue weighted by Crippen LogP contribution is 2.37. The van der Waals surface area contributed by atoms with Crippen LogP contribution in [-0.4, -0.2) is 13.7 Å². The second kappa shape index (κ2) is 5.64. The third kappa shape index (κ3) is 2.79. The summed E-state index contributed by atoms with van der Waals surface area (Å²) < 4.78 is 24.9. The molecule has 1 aliphatic heterocycles. The van der Waals surface area contributed by atoms with Crippen molar-refractivity contribution in [2.75, 3.05) is 19.0 Å². The van der Waals surface area contributed by atoms with Crippen molar-refractivity contribution >= 4 is 5.69 Å². The highest BCUT2D eigenvalue weighted by atomic mass is 19.1. The lowest BCUT2D eigenvalue weighted by atomic mass is 9.99. The standard InChI is InChI=1S/C17H18FNO2/c1-11-3-5-16(14(18)9-11)19-15-7-8-21-17-6-4-12(20-2)10-13(15)17/h3-6,9-10,15,19H,7-8H2,1-2H3. The average Bonchev–Trinajstić information content (AvgIpc) is 2.50. The molecule has 1 aliphatic rings. The van der Waals surface area contributed by atoms with Gasteiger partial charge in [0.2, 0.25) is 0 Å². The fraction of sp³-hybridized carbons (Fsp3) is 0.294. The summed E-state index contributed by atoms with van der Waals surface area (Å²) in [7, 11) is 1.63. The first-order chi connectivity index (χ1) is 10.2. The lowest BCUT2D eigenvalue weighted by Crippen LogP contribution is -2.21. The van der Waals surface area contributed by atoms with Crippen LogP contribution in [0.25, 0.3) is 0 Å². The van der Waals surface area contributed by atoms with Crippen molar-refractivity contribution in [2.24, 2.45) is 0 Å². The Labute approximate surface area is 123 Å². The Balaban J connectivity index is 1.90. The Morgan fingerprint density at radius 2 is 2.10 bits per heavy atom. The number of aryl methyl sites for hydroxylation is 1. The maximum atomic E-state index is 14.0. The van der Waals surface area contributed by atoms with E-state index in [9.17, 15) is 4.39 Å². The van der Waals surface area contributed by atoms with Crippen LogP contribution in [0.2, 0.25) is 0 Å². The molecule has 0 fully saturated rings. The van der Waals surface area contributed by atoms with Gasteiger partial charge in [-0.05, 0) is 42.8 Å². The van der Waals surface area contributed by atoms with Gasteiger partial charge in [0.25, 0.3) is 0 Å². The van der Waals surface area contributed by atoms with Gasteiger partial charge in [-0.3, -0.25) is 0 Å². The van der Waals surface area contributed by atoms with Gasteiger partial charge < -0.3 is 14.8 Å². The zero-order valence-electron chi connectivity index (χ0n) is 12.2. The van der Waals surface area contributed by atoms with Gasteiger partial charge in [-0.2, -0.15) is 0 Å². The fourth-order valence-electron chi connectivity index (χ4n) is 2.57. The number of anilines is 1. The van der Waals surface area contributed by atoms with Gasteiger partial charge in [-0.15, -0.1) is 0 Å². The molecule has 0 amide bonds. The molecule has 0 aromatic heterocycles. The Kier molecular flexibility index (Phi) is 3.69. The van der Waals surface area contributed by atoms with E-state index in [1.165, 1.54) is 6.07 Å². The first-order valence-electron chi connectivity index (χ1n) is 7.01. The summed E-state index contributed by atoms with van der Waals surface area (Å²) in [5.41, 5.74) is 2.42. The Hall–Kier alpha value is -2.23. The third-order valence-corrected chi connectivity index (χ3v) is 3.71. The van der Waals surface area contributed by atoms with Gasteiger partial charge >= 0.3 is 0 Å². The number of benzene rings is 2. The highest BCUT2D eigenvalue weighted by Gasteiger charge is 2.22. The molecule has 0 bridgehead atoms. The van der Waals surface area contributed by atoms with Crippen molar-refractivity contribution in [1.29, 1.82) is 0 Å². The van der Waals surface area contributed by atoms with Crippen molar-refractivity contribution in [1.82, 2.24) is 0 Å². The number of nitrogens with one attached hydrogen (secondary N) is 1. The van der Waals surface area contributed by atoms with Crippen molar-refractivity contribution in [3.05, 3.63) is 53.3 Å². The predicted octanol–water partition coefficient (Wildman–Crippen LogP) is 4.08. The minimum absolute atomic E-state index is 0.0149. The lowest BCUT2D eigenvalue weighted by molar-refractivity contribution is 0.273. The topological polar surface area (TPSA) is 30.5 Å². The lowest BCUT2D eigenvalue weighted by Gasteiger charge is -2.28. The summed E-state index contributed by atoms with van der Waals surface area (Å²) in [6, 6.07) is 10.9. The quantitative estimate of drug-likeness (QED) is 0.922. The molecule has 0 aliphatic carbocycles. The maximum absolute atomic E-state index is 14.0. The number of rotatable bonds is 3. The summed E-state index contributed by atoms with van der Waals surface area (Å²) in [5.74, 6) is 1.37. The molecule has 3 rings (SSSR count). The van der Waals surface area contributed by atoms with E-state index in [0.717, 1.165) is 29.0 Å². The first kappa shape index (κ1) is 13.7. The SMILES string of the molecule is COc1ccc2c(c1)C(Nc1ccc(C)cc1F)CCO2. The van der Waals surface area contributed by atoms with Gasteiger partial charge in [-0.25, -0.2) is 4.39 Å². The molecule has 110 valence electrons. The molecule has 1 atom stereocenters. The van der Waals surface area contributed by atoms with Crippen LogP contribution >= 0.6 is 0 Å². The molecule has 2 aromatic rings. The molecule has 21 heavy (non-hydrogen) atoms. The van der Waals surface area contributed by atoms with Crippen molar-refractivity contribution in [3.8, 4) is 11.5 Å². The van der Waals surface area contributed by atoms with Crippen LogP contribution in [0.3, 0.4) is 0 Å². The van der Waals surface area contributed by atoms with Crippen LogP contribution < -0.4 is 14.8 Å². The maximum Gasteiger partial charge on any atom is 0.146 e. The Morgan fingerprint density at radius 3 is 2.86 bits per heavy atom. The van der Waals surface area contributed by atoms with E-state index < -0.39 is 0 Å². The molecule has 4 heteroatoms. The molecule has 0 saturated heterocycles. The third-order valence-electron chi connectivity index (χ3n) is 3.71. The monoisotopic (exact) mass is 287 g/mol. The second-order valence-corrected chi connectivity index (χ2v) is 5.22. The first-order valence-corrected chi connectivity index (χ1v) is 7.01. The van der Waals surface area contributed by atoms with Crippen LogP contribution in [0.5, 0.6) is 11.5 Å². The molecule has 1 N–H and O–H groups in total. The van der Waals surface area contributed by atoms with Gasteiger partial charge in [0.1, 0.15) is 17.3 Å². The van der Waals surface area contributed by atoms with Crippen LogP contribution in [0.1, 0.15) is 23.6 Å². The van der Waals surface area contributed by atoms with Crippen molar-refractivity contribution in [2.45, 2.75) is 19.4 Å². The number of fused-ring (bicyclic) bond motifs is 1. The average molecular weight is 287 g/mol. The number of ether oxygens (including phenoxy) is 2. The summed E-state index contributed by atoms with van der Waals surface area (Å²) in [5, 5.41) is 3.27. The smallest absolute Gasteiger partial charge is 0.146 e. The van der Waals surface area contributed by atoms with Crippen LogP contribution in [0.15, 0.2) is 36.4 Å². The van der Waals surface area contributed by atoms with Crippen molar-refractivity contribution < 1.29 is 13.9 Å². The van der Waals surface area contributed by atoms with Crippen LogP contribution in [0, 0.1) is 12.7 Å². The summed E-state index contributed by atoms with van der Waals surface area (Å²) in [4.78, 5) is 0. The molecule has 0 spiro atoms. The molecule has 1 heterocycles. The summed E-state index contributed by atoms with van der Waals surface area (Å²) in [6.45, 7) is 2.49. The molecule has 1 unspecified atom stereocenters. The van der Waals surface area contributed by atoms with E-state index >= 15 is 0 Å².